The van der Waals surface area contributed by atoms with Crippen molar-refractivity contribution < 1.29 is 14.4 Å². The summed E-state index contributed by atoms with van der Waals surface area (Å²) in [6, 6.07) is 1.31. The number of likely N-dealkylation sites (N-methyl/N-ethyl adjacent to an activating group) is 1. The number of rotatable bonds is 4. The van der Waals surface area contributed by atoms with Crippen LogP contribution in [0.5, 0.6) is 0 Å². The standard InChI is InChI=1S/C13H18Cl3N3O3/c1-12(2,4-5-13(14,15)16)8-6-9(17-22-8)19-10(20)7-18(3)11(19)21/h6,10,20H,4-5,7H2,1-3H3. The Balaban J connectivity index is 2.15. The molecule has 1 aromatic heterocycles. The molecule has 1 aromatic rings. The molecular formula is C13H18Cl3N3O3. The minimum absolute atomic E-state index is 0.220. The molecule has 0 spiro atoms. The highest BCUT2D eigenvalue weighted by atomic mass is 35.6. The van der Waals surface area contributed by atoms with Gasteiger partial charge in [-0.1, -0.05) is 53.8 Å². The highest BCUT2D eigenvalue weighted by Gasteiger charge is 2.38. The minimum atomic E-state index is -1.33. The van der Waals surface area contributed by atoms with Gasteiger partial charge in [0.05, 0.1) is 6.54 Å². The third-order valence-electron chi connectivity index (χ3n) is 3.71. The fourth-order valence-electron chi connectivity index (χ4n) is 2.24. The number of amides is 2. The molecule has 0 aliphatic carbocycles. The predicted octanol–water partition coefficient (Wildman–Crippen LogP) is 3.29. The maximum absolute atomic E-state index is 12.0. The number of β-amino-alcohol motifs (C(OH)–C–C–N with tert-alkyl or cyclic N) is 1. The quantitative estimate of drug-likeness (QED) is 0.826. The molecule has 0 saturated carbocycles. The average Bonchev–Trinajstić information content (AvgIpc) is 2.93. The fraction of sp³-hybridized carbons (Fsp3) is 0.692. The molecule has 1 aliphatic rings. The van der Waals surface area contributed by atoms with E-state index in [1.54, 1.807) is 13.1 Å². The number of halogens is 3. The number of alkyl halides is 3. The van der Waals surface area contributed by atoms with Gasteiger partial charge in [0, 0.05) is 18.5 Å². The summed E-state index contributed by atoms with van der Waals surface area (Å²) in [6.07, 6.45) is -0.0248. The lowest BCUT2D eigenvalue weighted by Crippen LogP contribution is -2.34. The maximum atomic E-state index is 12.0. The highest BCUT2D eigenvalue weighted by molar-refractivity contribution is 6.67. The van der Waals surface area contributed by atoms with Crippen LogP contribution in [0, 0.1) is 0 Å². The van der Waals surface area contributed by atoms with Gasteiger partial charge in [0.2, 0.25) is 0 Å². The van der Waals surface area contributed by atoms with Gasteiger partial charge in [-0.05, 0) is 12.8 Å². The lowest BCUT2D eigenvalue weighted by Gasteiger charge is -2.23. The van der Waals surface area contributed by atoms with Crippen molar-refractivity contribution in [3.05, 3.63) is 11.8 Å². The van der Waals surface area contributed by atoms with Crippen LogP contribution in [-0.4, -0.2) is 44.8 Å². The number of hydrogen-bond acceptors (Lipinski definition) is 4. The van der Waals surface area contributed by atoms with Crippen molar-refractivity contribution >= 4 is 46.7 Å². The number of nitrogens with zero attached hydrogens (tertiary/aromatic N) is 3. The summed E-state index contributed by atoms with van der Waals surface area (Å²) in [4.78, 5) is 14.6. The molecule has 124 valence electrons. The summed E-state index contributed by atoms with van der Waals surface area (Å²) >= 11 is 17.3. The van der Waals surface area contributed by atoms with Gasteiger partial charge in [-0.3, -0.25) is 0 Å². The molecular weight excluding hydrogens is 353 g/mol. The molecule has 0 bridgehead atoms. The van der Waals surface area contributed by atoms with Gasteiger partial charge in [-0.2, -0.15) is 0 Å². The Kier molecular flexibility index (Phi) is 4.88. The maximum Gasteiger partial charge on any atom is 0.327 e. The van der Waals surface area contributed by atoms with Gasteiger partial charge in [-0.25, -0.2) is 9.69 Å². The Bertz CT molecular complexity index is 556. The van der Waals surface area contributed by atoms with Gasteiger partial charge in [0.15, 0.2) is 15.8 Å². The Hall–Kier alpha value is -0.690. The zero-order valence-electron chi connectivity index (χ0n) is 12.5. The number of aliphatic hydroxyl groups is 1. The summed E-state index contributed by atoms with van der Waals surface area (Å²) in [5.41, 5.74) is -0.422. The molecule has 1 aliphatic heterocycles. The molecule has 1 N–H and O–H groups in total. The highest BCUT2D eigenvalue weighted by Crippen LogP contribution is 2.38. The molecule has 1 unspecified atom stereocenters. The van der Waals surface area contributed by atoms with Gasteiger partial charge < -0.3 is 14.5 Å². The van der Waals surface area contributed by atoms with Crippen LogP contribution in [0.2, 0.25) is 0 Å². The van der Waals surface area contributed by atoms with Gasteiger partial charge >= 0.3 is 6.03 Å². The monoisotopic (exact) mass is 369 g/mol. The van der Waals surface area contributed by atoms with Gasteiger partial charge in [0.1, 0.15) is 5.76 Å². The van der Waals surface area contributed by atoms with Crippen LogP contribution in [0.25, 0.3) is 0 Å². The zero-order valence-corrected chi connectivity index (χ0v) is 14.8. The predicted molar refractivity (Wildman–Crippen MR) is 85.6 cm³/mol. The second-order valence-corrected chi connectivity index (χ2v) is 8.58. The van der Waals surface area contributed by atoms with Crippen LogP contribution in [-0.2, 0) is 5.41 Å². The lowest BCUT2D eigenvalue weighted by molar-refractivity contribution is 0.182. The van der Waals surface area contributed by atoms with Gasteiger partial charge in [0.25, 0.3) is 0 Å². The SMILES string of the molecule is CN1CC(O)N(c2cc(C(C)(C)CCC(Cl)(Cl)Cl)on2)C1=O. The summed E-state index contributed by atoms with van der Waals surface area (Å²) < 4.78 is 4.01. The van der Waals surface area contributed by atoms with Crippen LogP contribution in [0.3, 0.4) is 0 Å². The topological polar surface area (TPSA) is 69.8 Å². The van der Waals surface area contributed by atoms with Crippen LogP contribution in [0.15, 0.2) is 10.6 Å². The number of aliphatic hydroxyl groups excluding tert-OH is 1. The van der Waals surface area contributed by atoms with E-state index in [2.05, 4.69) is 5.16 Å². The smallest absolute Gasteiger partial charge is 0.327 e. The summed E-state index contributed by atoms with van der Waals surface area (Å²) in [6.45, 7) is 4.09. The van der Waals surface area contributed by atoms with Crippen molar-refractivity contribution in [1.82, 2.24) is 10.1 Å². The first kappa shape index (κ1) is 17.7. The Morgan fingerprint density at radius 1 is 1.41 bits per heavy atom. The van der Waals surface area contributed by atoms with Crippen molar-refractivity contribution in [2.24, 2.45) is 0 Å². The Labute approximate surface area is 143 Å². The van der Waals surface area contributed by atoms with E-state index in [-0.39, 0.29) is 18.4 Å². The van der Waals surface area contributed by atoms with Crippen LogP contribution in [0.1, 0.15) is 32.4 Å². The van der Waals surface area contributed by atoms with Crippen molar-refractivity contribution in [2.75, 3.05) is 18.5 Å². The van der Waals surface area contributed by atoms with Crippen LogP contribution >= 0.6 is 34.8 Å². The van der Waals surface area contributed by atoms with Crippen molar-refractivity contribution in [2.45, 2.75) is 42.1 Å². The first-order chi connectivity index (χ1) is 10.0. The number of hydrogen-bond donors (Lipinski definition) is 1. The summed E-state index contributed by atoms with van der Waals surface area (Å²) in [5.74, 6) is 0.838. The number of carbonyl (C=O) groups excluding carboxylic acids is 1. The average molecular weight is 371 g/mol. The molecule has 1 atom stereocenters. The van der Waals surface area contributed by atoms with Crippen LogP contribution in [0.4, 0.5) is 10.6 Å². The van der Waals surface area contributed by atoms with Crippen molar-refractivity contribution in [3.63, 3.8) is 0 Å². The number of aromatic nitrogens is 1. The molecule has 22 heavy (non-hydrogen) atoms. The molecule has 9 heteroatoms. The third-order valence-corrected chi connectivity index (χ3v) is 4.28. The largest absolute Gasteiger partial charge is 0.371 e. The third kappa shape index (κ3) is 3.79. The van der Waals surface area contributed by atoms with E-state index in [9.17, 15) is 9.90 Å². The molecule has 1 saturated heterocycles. The number of urea groups is 1. The minimum Gasteiger partial charge on any atom is -0.371 e. The molecule has 2 heterocycles. The lowest BCUT2D eigenvalue weighted by atomic mass is 9.85. The first-order valence-electron chi connectivity index (χ1n) is 6.77. The van der Waals surface area contributed by atoms with Crippen molar-refractivity contribution in [3.8, 4) is 0 Å². The molecule has 6 nitrogen and oxygen atoms in total. The Morgan fingerprint density at radius 2 is 2.05 bits per heavy atom. The van der Waals surface area contributed by atoms with E-state index >= 15 is 0 Å². The summed E-state index contributed by atoms with van der Waals surface area (Å²) in [7, 11) is 1.61. The second kappa shape index (κ2) is 6.07. The van der Waals surface area contributed by atoms with E-state index < -0.39 is 15.4 Å². The van der Waals surface area contributed by atoms with Crippen LogP contribution < -0.4 is 4.90 Å². The normalized spacial score (nSPS) is 20.1. The van der Waals surface area contributed by atoms with E-state index in [1.807, 2.05) is 13.8 Å². The second-order valence-electron chi connectivity index (χ2n) is 6.06. The van der Waals surface area contributed by atoms with E-state index in [4.69, 9.17) is 39.3 Å². The molecule has 0 aromatic carbocycles. The van der Waals surface area contributed by atoms with E-state index in [0.717, 1.165) is 0 Å². The molecule has 0 radical (unpaired) electrons. The number of anilines is 1. The summed E-state index contributed by atoms with van der Waals surface area (Å²) in [5, 5.41) is 13.8. The zero-order chi connectivity index (χ0) is 16.7. The molecule has 2 amide bonds. The fourth-order valence-corrected chi connectivity index (χ4v) is 2.53. The first-order valence-corrected chi connectivity index (χ1v) is 7.91. The molecule has 1 fully saturated rings. The molecule has 2 rings (SSSR count). The van der Waals surface area contributed by atoms with Crippen molar-refractivity contribution in [1.29, 1.82) is 0 Å². The Morgan fingerprint density at radius 3 is 2.55 bits per heavy atom. The van der Waals surface area contributed by atoms with E-state index in [1.165, 1.54) is 9.80 Å². The number of carbonyl (C=O) groups is 1. The van der Waals surface area contributed by atoms with E-state index in [0.29, 0.717) is 18.6 Å². The van der Waals surface area contributed by atoms with Gasteiger partial charge in [-0.15, -0.1) is 0 Å².